The number of hydrogen-bond donors (Lipinski definition) is 2. The molecule has 5 aromatic rings. The number of nitriles is 1. The Hall–Kier alpha value is -5.02. The van der Waals surface area contributed by atoms with Gasteiger partial charge in [-0.3, -0.25) is 9.36 Å². The summed E-state index contributed by atoms with van der Waals surface area (Å²) in [5.41, 5.74) is 6.05. The lowest BCUT2D eigenvalue weighted by atomic mass is 9.96. The van der Waals surface area contributed by atoms with E-state index in [1.807, 2.05) is 92.0 Å². The second-order valence-corrected chi connectivity index (χ2v) is 10.5. The summed E-state index contributed by atoms with van der Waals surface area (Å²) in [6, 6.07) is 31.2. The third kappa shape index (κ3) is 5.55. The van der Waals surface area contributed by atoms with Crippen LogP contribution in [0.4, 0.5) is 11.4 Å². The smallest absolute Gasteiger partial charge is 0.262 e. The van der Waals surface area contributed by atoms with Crippen molar-refractivity contribution in [2.24, 2.45) is 0 Å². The second kappa shape index (κ2) is 11.0. The summed E-state index contributed by atoms with van der Waals surface area (Å²) in [6.07, 6.45) is 1.90. The summed E-state index contributed by atoms with van der Waals surface area (Å²) in [6.45, 7) is 6.99. The van der Waals surface area contributed by atoms with Crippen LogP contribution in [0.2, 0.25) is 0 Å². The van der Waals surface area contributed by atoms with E-state index < -0.39 is 0 Å². The molecule has 4 aromatic carbocycles. The van der Waals surface area contributed by atoms with Gasteiger partial charge in [-0.05, 0) is 97.4 Å². The number of rotatable bonds is 8. The lowest BCUT2D eigenvalue weighted by Gasteiger charge is -2.28. The molecule has 0 bridgehead atoms. The highest BCUT2D eigenvalue weighted by Crippen LogP contribution is 2.30. The molecule has 0 aliphatic heterocycles. The molecule has 6 heteroatoms. The number of nitrogens with one attached hydrogen (secondary N) is 2. The Morgan fingerprint density at radius 1 is 0.925 bits per heavy atom. The van der Waals surface area contributed by atoms with Crippen molar-refractivity contribution in [2.45, 2.75) is 26.3 Å². The van der Waals surface area contributed by atoms with Crippen LogP contribution in [0.15, 0.2) is 102 Å². The maximum atomic E-state index is 13.6. The fourth-order valence-corrected chi connectivity index (χ4v) is 4.96. The van der Waals surface area contributed by atoms with Gasteiger partial charge in [0.1, 0.15) is 5.75 Å². The molecule has 0 radical (unpaired) electrons. The maximum absolute atomic E-state index is 13.6. The van der Waals surface area contributed by atoms with Gasteiger partial charge in [-0.15, -0.1) is 0 Å². The van der Waals surface area contributed by atoms with Crippen LogP contribution < -0.4 is 20.9 Å². The summed E-state index contributed by atoms with van der Waals surface area (Å²) >= 11 is 0. The highest BCUT2D eigenvalue weighted by Gasteiger charge is 2.18. The third-order valence-corrected chi connectivity index (χ3v) is 6.99. The molecule has 0 saturated carbocycles. The van der Waals surface area contributed by atoms with Crippen molar-refractivity contribution in [1.82, 2.24) is 4.57 Å². The van der Waals surface area contributed by atoms with Crippen molar-refractivity contribution in [1.29, 1.82) is 5.26 Å². The zero-order valence-corrected chi connectivity index (χ0v) is 23.2. The second-order valence-electron chi connectivity index (χ2n) is 10.5. The average Bonchev–Trinajstić information content (AvgIpc) is 2.98. The van der Waals surface area contributed by atoms with Crippen molar-refractivity contribution in [2.75, 3.05) is 24.3 Å². The number of anilines is 2. The Morgan fingerprint density at radius 2 is 1.65 bits per heavy atom. The number of pyridine rings is 1. The molecule has 0 amide bonds. The van der Waals surface area contributed by atoms with Gasteiger partial charge in [-0.25, -0.2) is 0 Å². The van der Waals surface area contributed by atoms with Gasteiger partial charge >= 0.3 is 0 Å². The van der Waals surface area contributed by atoms with Crippen LogP contribution in [0.3, 0.4) is 0 Å². The zero-order valence-electron chi connectivity index (χ0n) is 23.2. The van der Waals surface area contributed by atoms with Gasteiger partial charge in [0.05, 0.1) is 18.7 Å². The number of benzene rings is 4. The maximum Gasteiger partial charge on any atom is 0.262 e. The van der Waals surface area contributed by atoms with Gasteiger partial charge in [0.25, 0.3) is 5.56 Å². The Morgan fingerprint density at radius 3 is 2.35 bits per heavy atom. The van der Waals surface area contributed by atoms with Gasteiger partial charge < -0.3 is 15.4 Å². The van der Waals surface area contributed by atoms with E-state index in [1.165, 1.54) is 0 Å². The first kappa shape index (κ1) is 26.6. The summed E-state index contributed by atoms with van der Waals surface area (Å²) in [5.74, 6) is 0.814. The molecule has 1 aromatic heterocycles. The first-order chi connectivity index (χ1) is 19.3. The summed E-state index contributed by atoms with van der Waals surface area (Å²) in [4.78, 5) is 13.6. The van der Waals surface area contributed by atoms with E-state index in [9.17, 15) is 4.79 Å². The summed E-state index contributed by atoms with van der Waals surface area (Å²) in [5, 5.41) is 17.8. The standard InChI is InChI=1S/C34H32N4O2/c1-23-21-38(33(39)31-10-6-9-30(32(23)31)25-13-11-24(20-35)12-14-25)28-17-15-26(16-18-28)36-22-34(2,3)37-27-7-5-8-29(19-27)40-4/h5-19,21,36-37H,22H2,1-4H3. The number of ether oxygens (including phenoxy) is 1. The molecule has 0 unspecified atom stereocenters. The van der Waals surface area contributed by atoms with Crippen molar-refractivity contribution in [3.63, 3.8) is 0 Å². The number of nitrogens with zero attached hydrogens (tertiary/aromatic N) is 2. The number of hydrogen-bond acceptors (Lipinski definition) is 5. The molecule has 0 spiro atoms. The SMILES string of the molecule is COc1cccc(NC(C)(C)CNc2ccc(-n3cc(C)c4c(-c5ccc(C#N)cc5)cccc4c3=O)cc2)c1. The van der Waals surface area contributed by atoms with Crippen molar-refractivity contribution in [3.05, 3.63) is 119 Å². The van der Waals surface area contributed by atoms with Crippen molar-refractivity contribution < 1.29 is 4.74 Å². The van der Waals surface area contributed by atoms with Gasteiger partial charge in [0.2, 0.25) is 0 Å². The molecule has 1 heterocycles. The van der Waals surface area contributed by atoms with Crippen LogP contribution in [0.5, 0.6) is 5.75 Å². The van der Waals surface area contributed by atoms with Crippen LogP contribution in [0.1, 0.15) is 25.0 Å². The Bertz CT molecular complexity index is 1760. The Balaban J connectivity index is 1.37. The molecule has 5 rings (SSSR count). The molecule has 40 heavy (non-hydrogen) atoms. The highest BCUT2D eigenvalue weighted by atomic mass is 16.5. The monoisotopic (exact) mass is 528 g/mol. The average molecular weight is 529 g/mol. The molecule has 200 valence electrons. The fourth-order valence-electron chi connectivity index (χ4n) is 4.96. The van der Waals surface area contributed by atoms with Crippen molar-refractivity contribution >= 4 is 22.1 Å². The topological polar surface area (TPSA) is 79.1 Å². The van der Waals surface area contributed by atoms with Crippen LogP contribution >= 0.6 is 0 Å². The molecule has 2 N–H and O–H groups in total. The predicted octanol–water partition coefficient (Wildman–Crippen LogP) is 7.15. The molecule has 0 atom stereocenters. The first-order valence-electron chi connectivity index (χ1n) is 13.2. The van der Waals surface area contributed by atoms with Crippen LogP contribution in [0.25, 0.3) is 27.6 Å². The molecular weight excluding hydrogens is 496 g/mol. The summed E-state index contributed by atoms with van der Waals surface area (Å²) < 4.78 is 7.04. The third-order valence-electron chi connectivity index (χ3n) is 6.99. The largest absolute Gasteiger partial charge is 0.497 e. The van der Waals surface area contributed by atoms with Gasteiger partial charge in [0, 0.05) is 46.8 Å². The minimum atomic E-state index is -0.218. The Kier molecular flexibility index (Phi) is 7.31. The normalized spacial score (nSPS) is 11.2. The van der Waals surface area contributed by atoms with Gasteiger partial charge in [0.15, 0.2) is 0 Å². The van der Waals surface area contributed by atoms with E-state index in [-0.39, 0.29) is 11.1 Å². The van der Waals surface area contributed by atoms with E-state index in [4.69, 9.17) is 10.00 Å². The highest BCUT2D eigenvalue weighted by molar-refractivity contribution is 5.98. The number of fused-ring (bicyclic) bond motifs is 1. The molecule has 0 aliphatic carbocycles. The van der Waals surface area contributed by atoms with Crippen LogP contribution in [0, 0.1) is 18.3 Å². The van der Waals surface area contributed by atoms with E-state index in [0.717, 1.165) is 44.9 Å². The van der Waals surface area contributed by atoms with E-state index in [1.54, 1.807) is 23.8 Å². The van der Waals surface area contributed by atoms with Gasteiger partial charge in [-0.1, -0.05) is 30.3 Å². The number of methoxy groups -OCH3 is 1. The van der Waals surface area contributed by atoms with E-state index in [2.05, 4.69) is 30.6 Å². The minimum absolute atomic E-state index is 0.0690. The summed E-state index contributed by atoms with van der Waals surface area (Å²) in [7, 11) is 1.66. The molecule has 0 saturated heterocycles. The minimum Gasteiger partial charge on any atom is -0.497 e. The molecular formula is C34H32N4O2. The zero-order chi connectivity index (χ0) is 28.3. The fraction of sp³-hybridized carbons (Fsp3) is 0.176. The van der Waals surface area contributed by atoms with E-state index >= 15 is 0 Å². The number of aryl methyl sites for hydroxylation is 1. The number of aromatic nitrogens is 1. The Labute approximate surface area is 234 Å². The lowest BCUT2D eigenvalue weighted by molar-refractivity contribution is 0.415. The first-order valence-corrected chi connectivity index (χ1v) is 13.2. The van der Waals surface area contributed by atoms with Crippen LogP contribution in [-0.2, 0) is 0 Å². The molecule has 0 fully saturated rings. The molecule has 0 aliphatic rings. The van der Waals surface area contributed by atoms with Crippen molar-refractivity contribution in [3.8, 4) is 28.6 Å². The molecule has 6 nitrogen and oxygen atoms in total. The quantitative estimate of drug-likeness (QED) is 0.224. The predicted molar refractivity (Wildman–Crippen MR) is 164 cm³/mol. The lowest BCUT2D eigenvalue weighted by Crippen LogP contribution is -2.38. The van der Waals surface area contributed by atoms with E-state index in [0.29, 0.717) is 17.5 Å². The van der Waals surface area contributed by atoms with Gasteiger partial charge in [-0.2, -0.15) is 5.26 Å². The van der Waals surface area contributed by atoms with Crippen LogP contribution in [-0.4, -0.2) is 23.8 Å².